The van der Waals surface area contributed by atoms with Gasteiger partial charge in [-0.3, -0.25) is 0 Å². The van der Waals surface area contributed by atoms with Crippen molar-refractivity contribution >= 4 is 11.6 Å². The molecule has 1 N–H and O–H groups in total. The Morgan fingerprint density at radius 2 is 1.96 bits per heavy atom. The molecule has 3 rings (SSSR count). The van der Waals surface area contributed by atoms with Crippen LogP contribution >= 0.6 is 11.6 Å². The summed E-state index contributed by atoms with van der Waals surface area (Å²) in [4.78, 5) is 0. The second-order valence-corrected chi connectivity index (χ2v) is 6.60. The number of nitrogens with one attached hydrogen (secondary N) is 1. The summed E-state index contributed by atoms with van der Waals surface area (Å²) in [5.74, 6) is 0.954. The zero-order chi connectivity index (χ0) is 18.6. The molecule has 0 aliphatic carbocycles. The molecule has 1 unspecified atom stereocenters. The van der Waals surface area contributed by atoms with Crippen molar-refractivity contribution in [1.82, 2.24) is 5.32 Å². The van der Waals surface area contributed by atoms with Crippen LogP contribution in [0.5, 0.6) is 11.5 Å². The van der Waals surface area contributed by atoms with E-state index in [9.17, 15) is 13.2 Å². The van der Waals surface area contributed by atoms with Gasteiger partial charge in [-0.15, -0.1) is 0 Å². The lowest BCUT2D eigenvalue weighted by Crippen LogP contribution is -2.37. The van der Waals surface area contributed by atoms with Gasteiger partial charge in [-0.25, -0.2) is 0 Å². The Morgan fingerprint density at radius 3 is 2.69 bits per heavy atom. The molecule has 3 nitrogen and oxygen atoms in total. The zero-order valence-electron chi connectivity index (χ0n) is 14.0. The summed E-state index contributed by atoms with van der Waals surface area (Å²) in [5, 5.41) is 3.77. The van der Waals surface area contributed by atoms with Crippen molar-refractivity contribution in [1.29, 1.82) is 0 Å². The summed E-state index contributed by atoms with van der Waals surface area (Å²) < 4.78 is 50.2. The molecular formula is C19H19ClF3NO2. The molecule has 1 aliphatic heterocycles. The summed E-state index contributed by atoms with van der Waals surface area (Å²) in [6, 6.07) is 10.1. The van der Waals surface area contributed by atoms with Crippen molar-refractivity contribution in [2.24, 2.45) is 0 Å². The predicted molar refractivity (Wildman–Crippen MR) is 93.7 cm³/mol. The Balaban J connectivity index is 1.71. The number of alkyl halides is 3. The van der Waals surface area contributed by atoms with Gasteiger partial charge in [0, 0.05) is 17.6 Å². The summed E-state index contributed by atoms with van der Waals surface area (Å²) in [7, 11) is 0. The van der Waals surface area contributed by atoms with Gasteiger partial charge in [0.05, 0.1) is 5.56 Å². The van der Waals surface area contributed by atoms with Crippen LogP contribution in [0.25, 0.3) is 0 Å². The summed E-state index contributed by atoms with van der Waals surface area (Å²) in [6.45, 7) is 1.71. The first kappa shape index (κ1) is 18.9. The van der Waals surface area contributed by atoms with Crippen LogP contribution in [0.4, 0.5) is 13.2 Å². The second-order valence-electron chi connectivity index (χ2n) is 6.16. The number of piperidine rings is 1. The van der Waals surface area contributed by atoms with E-state index in [4.69, 9.17) is 21.1 Å². The number of hydrogen-bond donors (Lipinski definition) is 1. The molecule has 1 atom stereocenters. The molecule has 26 heavy (non-hydrogen) atoms. The minimum Gasteiger partial charge on any atom is -0.485 e. The highest BCUT2D eigenvalue weighted by molar-refractivity contribution is 6.30. The van der Waals surface area contributed by atoms with Crippen molar-refractivity contribution in [3.8, 4) is 11.5 Å². The fourth-order valence-electron chi connectivity index (χ4n) is 2.79. The van der Waals surface area contributed by atoms with Crippen molar-refractivity contribution in [3.05, 3.63) is 58.6 Å². The van der Waals surface area contributed by atoms with Crippen LogP contribution < -0.4 is 14.8 Å². The van der Waals surface area contributed by atoms with E-state index in [0.29, 0.717) is 22.1 Å². The van der Waals surface area contributed by atoms with E-state index in [1.54, 1.807) is 24.3 Å². The third kappa shape index (κ3) is 5.05. The fraction of sp³-hybridized carbons (Fsp3) is 0.368. The van der Waals surface area contributed by atoms with E-state index in [-0.39, 0.29) is 12.7 Å². The molecule has 1 saturated heterocycles. The van der Waals surface area contributed by atoms with E-state index in [2.05, 4.69) is 5.32 Å². The number of halogens is 4. The molecule has 0 amide bonds. The highest BCUT2D eigenvalue weighted by Gasteiger charge is 2.30. The maximum atomic E-state index is 12.8. The lowest BCUT2D eigenvalue weighted by Gasteiger charge is -2.25. The monoisotopic (exact) mass is 385 g/mol. The van der Waals surface area contributed by atoms with Gasteiger partial charge in [-0.05, 0) is 49.2 Å². The Hall–Kier alpha value is -1.92. The first-order chi connectivity index (χ1) is 12.4. The van der Waals surface area contributed by atoms with Gasteiger partial charge in [0.25, 0.3) is 0 Å². The molecule has 1 heterocycles. The van der Waals surface area contributed by atoms with Crippen molar-refractivity contribution in [2.75, 3.05) is 13.1 Å². The van der Waals surface area contributed by atoms with Crippen LogP contribution in [0, 0.1) is 0 Å². The molecule has 2 aromatic carbocycles. The molecule has 0 spiro atoms. The average molecular weight is 386 g/mol. The minimum absolute atomic E-state index is 0.00479. The average Bonchev–Trinajstić information content (AvgIpc) is 2.61. The molecule has 0 bridgehead atoms. The quantitative estimate of drug-likeness (QED) is 0.779. The van der Waals surface area contributed by atoms with E-state index in [1.807, 2.05) is 0 Å². The Labute approximate surface area is 155 Å². The minimum atomic E-state index is -4.38. The van der Waals surface area contributed by atoms with Gasteiger partial charge in [-0.1, -0.05) is 23.7 Å². The SMILES string of the molecule is FC(F)(F)c1cccc(COc2ccc(Cl)cc2OC2CCCNC2)c1. The largest absolute Gasteiger partial charge is 0.485 e. The third-order valence-electron chi connectivity index (χ3n) is 4.10. The van der Waals surface area contributed by atoms with Crippen molar-refractivity contribution < 1.29 is 22.6 Å². The van der Waals surface area contributed by atoms with E-state index < -0.39 is 11.7 Å². The van der Waals surface area contributed by atoms with Gasteiger partial charge in [0.15, 0.2) is 11.5 Å². The number of rotatable bonds is 5. The van der Waals surface area contributed by atoms with Crippen LogP contribution in [0.3, 0.4) is 0 Å². The van der Waals surface area contributed by atoms with E-state index in [0.717, 1.165) is 38.1 Å². The maximum Gasteiger partial charge on any atom is 0.416 e. The molecular weight excluding hydrogens is 367 g/mol. The molecule has 0 radical (unpaired) electrons. The van der Waals surface area contributed by atoms with Gasteiger partial charge >= 0.3 is 6.18 Å². The highest BCUT2D eigenvalue weighted by atomic mass is 35.5. The van der Waals surface area contributed by atoms with Crippen molar-refractivity contribution in [3.63, 3.8) is 0 Å². The molecule has 2 aromatic rings. The first-order valence-corrected chi connectivity index (χ1v) is 8.75. The molecule has 0 aromatic heterocycles. The van der Waals surface area contributed by atoms with Gasteiger partial charge < -0.3 is 14.8 Å². The lowest BCUT2D eigenvalue weighted by molar-refractivity contribution is -0.137. The Kier molecular flexibility index (Phi) is 5.94. The van der Waals surface area contributed by atoms with Crippen molar-refractivity contribution in [2.45, 2.75) is 31.7 Å². The normalized spacial score (nSPS) is 17.8. The van der Waals surface area contributed by atoms with Crippen LogP contribution in [0.1, 0.15) is 24.0 Å². The summed E-state index contributed by atoms with van der Waals surface area (Å²) >= 11 is 6.05. The first-order valence-electron chi connectivity index (χ1n) is 8.38. The Morgan fingerprint density at radius 1 is 1.12 bits per heavy atom. The number of hydrogen-bond acceptors (Lipinski definition) is 3. The molecule has 0 saturated carbocycles. The fourth-order valence-corrected chi connectivity index (χ4v) is 2.95. The van der Waals surface area contributed by atoms with E-state index in [1.165, 1.54) is 6.07 Å². The standard InChI is InChI=1S/C19H19ClF3NO2/c20-15-6-7-17(18(10-15)26-16-5-2-8-24-11-16)25-12-13-3-1-4-14(9-13)19(21,22)23/h1,3-4,6-7,9-10,16,24H,2,5,8,11-12H2. The van der Waals surface area contributed by atoms with Gasteiger partial charge in [0.2, 0.25) is 0 Å². The zero-order valence-corrected chi connectivity index (χ0v) is 14.7. The molecule has 7 heteroatoms. The third-order valence-corrected chi connectivity index (χ3v) is 4.33. The number of ether oxygens (including phenoxy) is 2. The smallest absolute Gasteiger partial charge is 0.416 e. The van der Waals surface area contributed by atoms with Gasteiger partial charge in [0.1, 0.15) is 12.7 Å². The van der Waals surface area contributed by atoms with Gasteiger partial charge in [-0.2, -0.15) is 13.2 Å². The van der Waals surface area contributed by atoms with Crippen LogP contribution in [-0.4, -0.2) is 19.2 Å². The molecule has 140 valence electrons. The highest BCUT2D eigenvalue weighted by Crippen LogP contribution is 2.33. The second kappa shape index (κ2) is 8.18. The van der Waals surface area contributed by atoms with Crippen LogP contribution in [0.2, 0.25) is 5.02 Å². The molecule has 1 aliphatic rings. The summed E-state index contributed by atoms with van der Waals surface area (Å²) in [5.41, 5.74) is -0.264. The topological polar surface area (TPSA) is 30.5 Å². The van der Waals surface area contributed by atoms with E-state index >= 15 is 0 Å². The predicted octanol–water partition coefficient (Wildman–Crippen LogP) is 5.07. The number of benzene rings is 2. The summed E-state index contributed by atoms with van der Waals surface area (Å²) in [6.07, 6.45) is -2.42. The van der Waals surface area contributed by atoms with Crippen LogP contribution in [0.15, 0.2) is 42.5 Å². The lowest BCUT2D eigenvalue weighted by atomic mass is 10.1. The molecule has 1 fully saturated rings. The Bertz CT molecular complexity index is 746. The maximum absolute atomic E-state index is 12.8. The van der Waals surface area contributed by atoms with Crippen LogP contribution in [-0.2, 0) is 12.8 Å².